The van der Waals surface area contributed by atoms with Crippen molar-refractivity contribution >= 4 is 28.9 Å². The molecule has 0 spiro atoms. The van der Waals surface area contributed by atoms with E-state index in [9.17, 15) is 4.79 Å². The first kappa shape index (κ1) is 16.1. The lowest BCUT2D eigenvalue weighted by atomic mass is 9.93. The highest BCUT2D eigenvalue weighted by atomic mass is 35.5. The van der Waals surface area contributed by atoms with Gasteiger partial charge >= 0.3 is 0 Å². The van der Waals surface area contributed by atoms with Gasteiger partial charge < -0.3 is 16.0 Å². The lowest BCUT2D eigenvalue weighted by molar-refractivity contribution is -0.116. The molecular weight excluding hydrogens is 286 g/mol. The number of nitrogens with two attached hydrogens (primary N) is 1. The summed E-state index contributed by atoms with van der Waals surface area (Å²) < 4.78 is 0. The summed E-state index contributed by atoms with van der Waals surface area (Å²) in [6, 6.07) is 5.09. The average molecular weight is 310 g/mol. The summed E-state index contributed by atoms with van der Waals surface area (Å²) in [6.07, 6.45) is 2.60. The van der Waals surface area contributed by atoms with Crippen molar-refractivity contribution in [2.75, 3.05) is 30.7 Å². The van der Waals surface area contributed by atoms with Crippen LogP contribution in [0, 0.1) is 5.41 Å². The fourth-order valence-electron chi connectivity index (χ4n) is 2.73. The topological polar surface area (TPSA) is 58.4 Å². The van der Waals surface area contributed by atoms with E-state index in [4.69, 9.17) is 17.3 Å². The average Bonchev–Trinajstić information content (AvgIpc) is 2.73. The molecule has 0 aliphatic carbocycles. The van der Waals surface area contributed by atoms with E-state index in [0.29, 0.717) is 28.2 Å². The maximum atomic E-state index is 11.9. The van der Waals surface area contributed by atoms with E-state index in [1.807, 2.05) is 0 Å². The van der Waals surface area contributed by atoms with Gasteiger partial charge in [-0.3, -0.25) is 4.79 Å². The molecule has 1 aliphatic rings. The van der Waals surface area contributed by atoms with Gasteiger partial charge in [-0.25, -0.2) is 0 Å². The summed E-state index contributed by atoms with van der Waals surface area (Å²) in [5, 5.41) is 3.39. The molecule has 1 amide bonds. The summed E-state index contributed by atoms with van der Waals surface area (Å²) in [5.74, 6) is -0.0116. The van der Waals surface area contributed by atoms with Crippen LogP contribution in [0.3, 0.4) is 0 Å². The Morgan fingerprint density at radius 3 is 2.90 bits per heavy atom. The van der Waals surface area contributed by atoms with Crippen molar-refractivity contribution in [1.82, 2.24) is 4.90 Å². The molecule has 0 unspecified atom stereocenters. The van der Waals surface area contributed by atoms with E-state index >= 15 is 0 Å². The minimum atomic E-state index is -0.0116. The molecule has 1 heterocycles. The minimum Gasteiger partial charge on any atom is -0.397 e. The number of carbonyl (C=O) groups is 1. The van der Waals surface area contributed by atoms with Crippen LogP contribution in [0.1, 0.15) is 33.1 Å². The molecule has 1 saturated heterocycles. The molecule has 116 valence electrons. The number of likely N-dealkylation sites (tertiary alicyclic amines) is 1. The van der Waals surface area contributed by atoms with Crippen molar-refractivity contribution in [2.24, 2.45) is 5.41 Å². The summed E-state index contributed by atoms with van der Waals surface area (Å²) in [7, 11) is 0. The van der Waals surface area contributed by atoms with Gasteiger partial charge in [-0.1, -0.05) is 25.4 Å². The first-order valence-electron chi connectivity index (χ1n) is 7.43. The number of hydrogen-bond donors (Lipinski definition) is 2. The Kier molecular flexibility index (Phi) is 5.12. The molecule has 0 atom stereocenters. The predicted molar refractivity (Wildman–Crippen MR) is 88.6 cm³/mol. The largest absolute Gasteiger partial charge is 0.397 e. The zero-order chi connectivity index (χ0) is 15.5. The molecular formula is C16H24ClN3O. The fraction of sp³-hybridized carbons (Fsp3) is 0.562. The van der Waals surface area contributed by atoms with Crippen molar-refractivity contribution < 1.29 is 4.79 Å². The SMILES string of the molecule is CC1(C)CCN(CCCC(=O)Nc2cc(Cl)ccc2N)C1. The van der Waals surface area contributed by atoms with Gasteiger partial charge in [-0.05, 0) is 49.5 Å². The second kappa shape index (κ2) is 6.67. The maximum absolute atomic E-state index is 11.9. The molecule has 1 aromatic rings. The van der Waals surface area contributed by atoms with Crippen molar-refractivity contribution in [3.63, 3.8) is 0 Å². The van der Waals surface area contributed by atoms with E-state index in [1.54, 1.807) is 18.2 Å². The first-order chi connectivity index (χ1) is 9.85. The highest BCUT2D eigenvalue weighted by molar-refractivity contribution is 6.31. The lowest BCUT2D eigenvalue weighted by Gasteiger charge is -2.19. The third kappa shape index (κ3) is 4.90. The summed E-state index contributed by atoms with van der Waals surface area (Å²) in [5.41, 5.74) is 7.36. The number of nitrogen functional groups attached to an aromatic ring is 1. The smallest absolute Gasteiger partial charge is 0.224 e. The van der Waals surface area contributed by atoms with Crippen LogP contribution in [-0.4, -0.2) is 30.4 Å². The Labute approximate surface area is 131 Å². The van der Waals surface area contributed by atoms with Gasteiger partial charge in [0.05, 0.1) is 11.4 Å². The van der Waals surface area contributed by atoms with E-state index < -0.39 is 0 Å². The third-order valence-corrected chi connectivity index (χ3v) is 4.16. The monoisotopic (exact) mass is 309 g/mol. The van der Waals surface area contributed by atoms with Crippen LogP contribution in [0.5, 0.6) is 0 Å². The Bertz CT molecular complexity index is 516. The molecule has 0 radical (unpaired) electrons. The van der Waals surface area contributed by atoms with Crippen molar-refractivity contribution in [3.05, 3.63) is 23.2 Å². The molecule has 1 fully saturated rings. The Morgan fingerprint density at radius 2 is 2.24 bits per heavy atom. The quantitative estimate of drug-likeness (QED) is 0.820. The van der Waals surface area contributed by atoms with E-state index in [1.165, 1.54) is 6.42 Å². The number of rotatable bonds is 5. The third-order valence-electron chi connectivity index (χ3n) is 3.92. The van der Waals surface area contributed by atoms with Crippen molar-refractivity contribution in [2.45, 2.75) is 33.1 Å². The number of halogens is 1. The molecule has 1 aliphatic heterocycles. The normalized spacial score (nSPS) is 17.9. The minimum absolute atomic E-state index is 0.0116. The van der Waals surface area contributed by atoms with Crippen LogP contribution in [0.4, 0.5) is 11.4 Å². The molecule has 21 heavy (non-hydrogen) atoms. The summed E-state index contributed by atoms with van der Waals surface area (Å²) >= 11 is 5.90. The summed E-state index contributed by atoms with van der Waals surface area (Å²) in [6.45, 7) is 7.82. The zero-order valence-corrected chi connectivity index (χ0v) is 13.5. The Hall–Kier alpha value is -1.26. The van der Waals surface area contributed by atoms with Gasteiger partial charge in [0.1, 0.15) is 0 Å². The molecule has 0 bridgehead atoms. The number of nitrogens with one attached hydrogen (secondary N) is 1. The second-order valence-corrected chi connectivity index (χ2v) is 7.01. The Morgan fingerprint density at radius 1 is 1.48 bits per heavy atom. The summed E-state index contributed by atoms with van der Waals surface area (Å²) in [4.78, 5) is 14.4. The van der Waals surface area contributed by atoms with Gasteiger partial charge in [0, 0.05) is 18.0 Å². The van der Waals surface area contributed by atoms with Crippen LogP contribution in [0.2, 0.25) is 5.02 Å². The second-order valence-electron chi connectivity index (χ2n) is 6.57. The first-order valence-corrected chi connectivity index (χ1v) is 7.81. The Balaban J connectivity index is 1.74. The molecule has 0 saturated carbocycles. The van der Waals surface area contributed by atoms with Gasteiger partial charge in [-0.15, -0.1) is 0 Å². The van der Waals surface area contributed by atoms with E-state index in [-0.39, 0.29) is 5.91 Å². The van der Waals surface area contributed by atoms with Crippen molar-refractivity contribution in [3.8, 4) is 0 Å². The predicted octanol–water partition coefficient (Wildman–Crippen LogP) is 3.37. The fourth-order valence-corrected chi connectivity index (χ4v) is 2.90. The number of nitrogens with zero attached hydrogens (tertiary/aromatic N) is 1. The number of anilines is 2. The van der Waals surface area contributed by atoms with Crippen LogP contribution < -0.4 is 11.1 Å². The van der Waals surface area contributed by atoms with E-state index in [0.717, 1.165) is 26.1 Å². The highest BCUT2D eigenvalue weighted by Crippen LogP contribution is 2.28. The molecule has 4 nitrogen and oxygen atoms in total. The van der Waals surface area contributed by atoms with Crippen molar-refractivity contribution in [1.29, 1.82) is 0 Å². The lowest BCUT2D eigenvalue weighted by Crippen LogP contribution is -2.25. The van der Waals surface area contributed by atoms with Gasteiger partial charge in [0.15, 0.2) is 0 Å². The van der Waals surface area contributed by atoms with Crippen LogP contribution >= 0.6 is 11.6 Å². The number of carbonyl (C=O) groups excluding carboxylic acids is 1. The number of hydrogen-bond acceptors (Lipinski definition) is 3. The maximum Gasteiger partial charge on any atom is 0.224 e. The van der Waals surface area contributed by atoms with Gasteiger partial charge in [0.2, 0.25) is 5.91 Å². The molecule has 2 rings (SSSR count). The van der Waals surface area contributed by atoms with Gasteiger partial charge in [0.25, 0.3) is 0 Å². The molecule has 1 aromatic carbocycles. The van der Waals surface area contributed by atoms with Crippen LogP contribution in [0.15, 0.2) is 18.2 Å². The van der Waals surface area contributed by atoms with Crippen LogP contribution in [-0.2, 0) is 4.79 Å². The van der Waals surface area contributed by atoms with E-state index in [2.05, 4.69) is 24.1 Å². The zero-order valence-electron chi connectivity index (χ0n) is 12.8. The standard InChI is InChI=1S/C16H24ClN3O/c1-16(2)7-9-20(11-16)8-3-4-15(21)19-14-10-12(17)5-6-13(14)18/h5-6,10H,3-4,7-9,11,18H2,1-2H3,(H,19,21). The number of amides is 1. The highest BCUT2D eigenvalue weighted by Gasteiger charge is 2.28. The van der Waals surface area contributed by atoms with Crippen LogP contribution in [0.25, 0.3) is 0 Å². The van der Waals surface area contributed by atoms with Gasteiger partial charge in [-0.2, -0.15) is 0 Å². The number of benzene rings is 1. The molecule has 0 aromatic heterocycles. The molecule has 5 heteroatoms. The molecule has 3 N–H and O–H groups in total.